The Labute approximate surface area is 153 Å². The van der Waals surface area contributed by atoms with Gasteiger partial charge in [0, 0.05) is 46.3 Å². The molecule has 6 heteroatoms. The highest BCUT2D eigenvalue weighted by Gasteiger charge is 2.21. The Morgan fingerprint density at radius 3 is 2.69 bits per heavy atom. The first kappa shape index (κ1) is 16.8. The highest BCUT2D eigenvalue weighted by molar-refractivity contribution is 6.31. The van der Waals surface area contributed by atoms with Crippen LogP contribution in [-0.4, -0.2) is 28.9 Å². The summed E-state index contributed by atoms with van der Waals surface area (Å²) >= 11 is 6.10. The molecule has 0 saturated carbocycles. The molecule has 1 aliphatic rings. The van der Waals surface area contributed by atoms with Crippen LogP contribution >= 0.6 is 11.6 Å². The molecule has 3 aromatic rings. The Balaban J connectivity index is 1.56. The maximum absolute atomic E-state index is 13.4. The minimum Gasteiger partial charge on any atom is -0.361 e. The van der Waals surface area contributed by atoms with Crippen LogP contribution in [0.5, 0.6) is 0 Å². The molecule has 132 valence electrons. The number of H-pyrrole nitrogens is 1. The first-order valence-corrected chi connectivity index (χ1v) is 8.61. The fourth-order valence-corrected chi connectivity index (χ4v) is 3.44. The van der Waals surface area contributed by atoms with Gasteiger partial charge in [-0.25, -0.2) is 8.78 Å². The van der Waals surface area contributed by atoms with Crippen molar-refractivity contribution in [1.82, 2.24) is 9.88 Å². The number of nitrogens with zero attached hydrogens (tertiary/aromatic N) is 1. The van der Waals surface area contributed by atoms with Gasteiger partial charge in [-0.3, -0.25) is 4.79 Å². The van der Waals surface area contributed by atoms with Gasteiger partial charge in [-0.2, -0.15) is 0 Å². The summed E-state index contributed by atoms with van der Waals surface area (Å²) in [6.07, 6.45) is 4.61. The number of hydrogen-bond donors (Lipinski definition) is 1. The van der Waals surface area contributed by atoms with Crippen LogP contribution in [0.4, 0.5) is 8.78 Å². The van der Waals surface area contributed by atoms with Crippen molar-refractivity contribution < 1.29 is 13.6 Å². The molecule has 0 fully saturated rings. The van der Waals surface area contributed by atoms with Crippen LogP contribution in [0.3, 0.4) is 0 Å². The lowest BCUT2D eigenvalue weighted by Gasteiger charge is -2.26. The molecule has 0 saturated heterocycles. The summed E-state index contributed by atoms with van der Waals surface area (Å²) in [5.41, 5.74) is 3.36. The van der Waals surface area contributed by atoms with E-state index >= 15 is 0 Å². The lowest BCUT2D eigenvalue weighted by Crippen LogP contribution is -2.34. The second-order valence-corrected chi connectivity index (χ2v) is 6.69. The normalized spacial score (nSPS) is 14.6. The number of hydrogen-bond acceptors (Lipinski definition) is 1. The van der Waals surface area contributed by atoms with E-state index in [1.165, 1.54) is 6.07 Å². The van der Waals surface area contributed by atoms with Gasteiger partial charge >= 0.3 is 0 Å². The van der Waals surface area contributed by atoms with Crippen LogP contribution in [0.2, 0.25) is 5.02 Å². The molecule has 0 radical (unpaired) electrons. The van der Waals surface area contributed by atoms with E-state index in [2.05, 4.69) is 4.98 Å². The summed E-state index contributed by atoms with van der Waals surface area (Å²) in [5.74, 6) is -2.28. The summed E-state index contributed by atoms with van der Waals surface area (Å²) in [5, 5.41) is 1.72. The molecular formula is C20H15ClF2N2O. The maximum atomic E-state index is 13.4. The summed E-state index contributed by atoms with van der Waals surface area (Å²) in [6.45, 7) is 0.928. The molecule has 0 atom stereocenters. The number of benzene rings is 2. The average molecular weight is 373 g/mol. The van der Waals surface area contributed by atoms with Gasteiger partial charge in [-0.15, -0.1) is 0 Å². The van der Waals surface area contributed by atoms with E-state index < -0.39 is 11.6 Å². The summed E-state index contributed by atoms with van der Waals surface area (Å²) in [7, 11) is 0. The molecule has 26 heavy (non-hydrogen) atoms. The van der Waals surface area contributed by atoms with Gasteiger partial charge in [0.25, 0.3) is 5.91 Å². The van der Waals surface area contributed by atoms with E-state index in [-0.39, 0.29) is 11.5 Å². The zero-order valence-corrected chi connectivity index (χ0v) is 14.5. The van der Waals surface area contributed by atoms with Crippen molar-refractivity contribution >= 4 is 34.0 Å². The van der Waals surface area contributed by atoms with Crippen LogP contribution in [0.1, 0.15) is 22.3 Å². The van der Waals surface area contributed by atoms with Crippen molar-refractivity contribution in [3.8, 4) is 0 Å². The lowest BCUT2D eigenvalue weighted by molar-refractivity contribution is 0.0772. The van der Waals surface area contributed by atoms with Crippen LogP contribution in [0.25, 0.3) is 16.5 Å². The van der Waals surface area contributed by atoms with Crippen molar-refractivity contribution in [2.75, 3.05) is 13.1 Å². The SMILES string of the molecule is O=C(c1ccc(F)c(F)c1)N1CC=C(c2c[nH]c3ccc(Cl)cc23)CC1. The standard InChI is InChI=1S/C20H15ClF2N2O/c21-14-2-4-19-15(10-14)16(11-24-19)12-5-7-25(8-6-12)20(26)13-1-3-17(22)18(23)9-13/h1-5,9-11,24H,6-8H2. The highest BCUT2D eigenvalue weighted by Crippen LogP contribution is 2.31. The molecule has 4 rings (SSSR count). The molecule has 1 amide bonds. The molecule has 0 spiro atoms. The van der Waals surface area contributed by atoms with E-state index in [1.807, 2.05) is 30.5 Å². The number of carbonyl (C=O) groups is 1. The van der Waals surface area contributed by atoms with Crippen molar-refractivity contribution in [1.29, 1.82) is 0 Å². The van der Waals surface area contributed by atoms with Crippen LogP contribution < -0.4 is 0 Å². The fourth-order valence-electron chi connectivity index (χ4n) is 3.27. The van der Waals surface area contributed by atoms with E-state index in [0.29, 0.717) is 24.5 Å². The lowest BCUT2D eigenvalue weighted by atomic mass is 9.98. The second kappa shape index (κ2) is 6.57. The number of carbonyl (C=O) groups excluding carboxylic acids is 1. The summed E-state index contributed by atoms with van der Waals surface area (Å²) in [6, 6.07) is 8.91. The van der Waals surface area contributed by atoms with Crippen LogP contribution in [0.15, 0.2) is 48.7 Å². The third-order valence-corrected chi connectivity index (χ3v) is 4.89. The molecule has 0 aliphatic carbocycles. The van der Waals surface area contributed by atoms with Crippen molar-refractivity contribution in [3.63, 3.8) is 0 Å². The third kappa shape index (κ3) is 2.99. The number of aromatic nitrogens is 1. The molecule has 0 bridgehead atoms. The number of halogens is 3. The van der Waals surface area contributed by atoms with Gasteiger partial charge in [-0.1, -0.05) is 17.7 Å². The summed E-state index contributed by atoms with van der Waals surface area (Å²) in [4.78, 5) is 17.3. The van der Waals surface area contributed by atoms with E-state index in [1.54, 1.807) is 4.90 Å². The van der Waals surface area contributed by atoms with Crippen molar-refractivity contribution in [3.05, 3.63) is 76.5 Å². The van der Waals surface area contributed by atoms with Crippen LogP contribution in [0, 0.1) is 11.6 Å². The molecule has 3 nitrogen and oxygen atoms in total. The number of rotatable bonds is 2. The molecule has 1 N–H and O–H groups in total. The van der Waals surface area contributed by atoms with Crippen molar-refractivity contribution in [2.45, 2.75) is 6.42 Å². The van der Waals surface area contributed by atoms with Crippen molar-refractivity contribution in [2.24, 2.45) is 0 Å². The Hall–Kier alpha value is -2.66. The Bertz CT molecular complexity index is 1040. The van der Waals surface area contributed by atoms with E-state index in [9.17, 15) is 13.6 Å². The van der Waals surface area contributed by atoms with Gasteiger partial charge in [-0.05, 0) is 48.4 Å². The molecule has 1 aromatic heterocycles. The maximum Gasteiger partial charge on any atom is 0.254 e. The minimum atomic E-state index is -1.01. The molecule has 2 heterocycles. The Kier molecular flexibility index (Phi) is 4.24. The average Bonchev–Trinajstić information content (AvgIpc) is 3.06. The van der Waals surface area contributed by atoms with Crippen LogP contribution in [-0.2, 0) is 0 Å². The molecule has 1 aliphatic heterocycles. The quantitative estimate of drug-likeness (QED) is 0.673. The zero-order valence-electron chi connectivity index (χ0n) is 13.7. The monoisotopic (exact) mass is 372 g/mol. The van der Waals surface area contributed by atoms with Gasteiger partial charge in [0.05, 0.1) is 0 Å². The largest absolute Gasteiger partial charge is 0.361 e. The molecule has 0 unspecified atom stereocenters. The third-order valence-electron chi connectivity index (χ3n) is 4.65. The van der Waals surface area contributed by atoms with E-state index in [4.69, 9.17) is 11.6 Å². The Morgan fingerprint density at radius 2 is 1.96 bits per heavy atom. The first-order chi connectivity index (χ1) is 12.5. The predicted molar refractivity (Wildman–Crippen MR) is 98.2 cm³/mol. The second-order valence-electron chi connectivity index (χ2n) is 6.25. The van der Waals surface area contributed by atoms with Gasteiger partial charge in [0.2, 0.25) is 0 Å². The Morgan fingerprint density at radius 1 is 1.12 bits per heavy atom. The number of amides is 1. The number of nitrogens with one attached hydrogen (secondary N) is 1. The van der Waals surface area contributed by atoms with Gasteiger partial charge < -0.3 is 9.88 Å². The number of fused-ring (bicyclic) bond motifs is 1. The molecular weight excluding hydrogens is 358 g/mol. The van der Waals surface area contributed by atoms with Gasteiger partial charge in [0.1, 0.15) is 0 Å². The summed E-state index contributed by atoms with van der Waals surface area (Å²) < 4.78 is 26.4. The fraction of sp³-hybridized carbons (Fsp3) is 0.150. The minimum absolute atomic E-state index is 0.152. The highest BCUT2D eigenvalue weighted by atomic mass is 35.5. The van der Waals surface area contributed by atoms with Gasteiger partial charge in [0.15, 0.2) is 11.6 Å². The van der Waals surface area contributed by atoms with E-state index in [0.717, 1.165) is 34.2 Å². The zero-order chi connectivity index (χ0) is 18.3. The smallest absolute Gasteiger partial charge is 0.254 e. The molecule has 2 aromatic carbocycles. The first-order valence-electron chi connectivity index (χ1n) is 8.23. The number of aromatic amines is 1. The topological polar surface area (TPSA) is 36.1 Å². The predicted octanol–water partition coefficient (Wildman–Crippen LogP) is 5.03.